The Hall–Kier alpha value is -3.38. The van der Waals surface area contributed by atoms with Gasteiger partial charge in [0.25, 0.3) is 0 Å². The zero-order valence-corrected chi connectivity index (χ0v) is 34.8. The molecule has 0 amide bonds. The van der Waals surface area contributed by atoms with E-state index in [1.54, 1.807) is 0 Å². The number of hydrogen-bond donors (Lipinski definition) is 1. The van der Waals surface area contributed by atoms with Crippen molar-refractivity contribution >= 4 is 41.0 Å². The Kier molecular flexibility index (Phi) is 12.6. The van der Waals surface area contributed by atoms with Gasteiger partial charge in [0.05, 0.1) is 13.6 Å². The van der Waals surface area contributed by atoms with Crippen LogP contribution in [0.15, 0.2) is 70.3 Å². The number of ketones is 1. The van der Waals surface area contributed by atoms with Crippen LogP contribution in [0.1, 0.15) is 88.1 Å². The fourth-order valence-corrected chi connectivity index (χ4v) is 8.95. The number of hydrogen-bond acceptors (Lipinski definition) is 5. The molecule has 0 spiro atoms. The van der Waals surface area contributed by atoms with Crippen molar-refractivity contribution in [1.29, 1.82) is 0 Å². The molecule has 2 saturated carbocycles. The summed E-state index contributed by atoms with van der Waals surface area (Å²) in [5.41, 5.74) is 9.95. The predicted molar refractivity (Wildman–Crippen MR) is 210 cm³/mol. The second-order valence-electron chi connectivity index (χ2n) is 15.8. The number of pyridine rings is 1. The molecule has 0 saturated heterocycles. The molecule has 0 atom stereocenters. The maximum absolute atomic E-state index is 12.4. The molecule has 271 valence electrons. The first-order valence-electron chi connectivity index (χ1n) is 18.6. The van der Waals surface area contributed by atoms with Crippen molar-refractivity contribution in [3.63, 3.8) is 0 Å². The third-order valence-corrected chi connectivity index (χ3v) is 12.7. The summed E-state index contributed by atoms with van der Waals surface area (Å²) in [4.78, 5) is 22.0. The molecular formula is C44H53IrN2O3Si-. The van der Waals surface area contributed by atoms with Crippen LogP contribution in [0, 0.1) is 38.7 Å². The SMILES string of the molecule is C/C(C(=O)C1CCCCC1)=C(/O)C1CCCCC1.Cc1[c-]c(-c2cc(-c3ccc4oc(C)nc4c3)c3cc([Si](C)(C)C)ccc3n2)cc(C)c1.[Ir]. The maximum Gasteiger partial charge on any atom is 0.192 e. The number of nitrogens with zero attached hydrogens (tertiary/aromatic N) is 2. The van der Waals surface area contributed by atoms with E-state index in [2.05, 4.69) is 93.1 Å². The number of fused-ring (bicyclic) bond motifs is 2. The molecule has 2 fully saturated rings. The van der Waals surface area contributed by atoms with Crippen LogP contribution >= 0.6 is 0 Å². The van der Waals surface area contributed by atoms with E-state index in [1.807, 2.05) is 19.9 Å². The predicted octanol–water partition coefficient (Wildman–Crippen LogP) is 11.5. The van der Waals surface area contributed by atoms with Crippen molar-refractivity contribution in [2.24, 2.45) is 11.8 Å². The summed E-state index contributed by atoms with van der Waals surface area (Å²) in [6.45, 7) is 15.1. The average Bonchev–Trinajstić information content (AvgIpc) is 3.49. The zero-order chi connectivity index (χ0) is 35.6. The summed E-state index contributed by atoms with van der Waals surface area (Å²) in [6, 6.07) is 23.0. The standard InChI is InChI=1S/C28H27N2OSi.C16H26O2.Ir/c1-17-11-18(2)13-21(12-17)26-16-23(20-7-10-28-27(14-20)29-19(3)31-28)24-15-22(32(4,5)6)8-9-25(24)30-26;1-12(15(17)13-8-4-2-5-9-13)16(18)14-10-6-3-7-11-14;/h7-12,14-16H,1-6H3;13-14,17H,2-11H2,1H3;/q-1;;/b;15-12-;. The van der Waals surface area contributed by atoms with Gasteiger partial charge in [0.2, 0.25) is 0 Å². The van der Waals surface area contributed by atoms with E-state index in [0.29, 0.717) is 17.2 Å². The quantitative estimate of drug-likeness (QED) is 0.0796. The van der Waals surface area contributed by atoms with Gasteiger partial charge in [-0.25, -0.2) is 4.98 Å². The first-order chi connectivity index (χ1) is 23.9. The van der Waals surface area contributed by atoms with Gasteiger partial charge in [0, 0.05) is 49.8 Å². The Morgan fingerprint density at radius 2 is 1.47 bits per heavy atom. The number of aliphatic hydroxyl groups excluding tert-OH is 1. The summed E-state index contributed by atoms with van der Waals surface area (Å²) in [6.07, 6.45) is 11.4. The molecule has 5 nitrogen and oxygen atoms in total. The number of aromatic nitrogens is 2. The summed E-state index contributed by atoms with van der Waals surface area (Å²) in [5, 5.41) is 12.9. The molecule has 5 aromatic rings. The second-order valence-corrected chi connectivity index (χ2v) is 20.8. The minimum Gasteiger partial charge on any atom is -0.512 e. The van der Waals surface area contributed by atoms with Gasteiger partial charge in [-0.05, 0) is 67.6 Å². The van der Waals surface area contributed by atoms with Crippen LogP contribution in [-0.2, 0) is 24.9 Å². The fourth-order valence-electron chi connectivity index (χ4n) is 7.79. The molecule has 51 heavy (non-hydrogen) atoms. The maximum atomic E-state index is 12.4. The molecule has 2 aliphatic rings. The van der Waals surface area contributed by atoms with E-state index in [9.17, 15) is 9.90 Å². The van der Waals surface area contributed by atoms with Gasteiger partial charge in [-0.15, -0.1) is 34.9 Å². The number of rotatable bonds is 6. The molecule has 7 rings (SSSR count). The van der Waals surface area contributed by atoms with Crippen molar-refractivity contribution in [2.45, 2.75) is 112 Å². The minimum atomic E-state index is -1.47. The topological polar surface area (TPSA) is 76.2 Å². The van der Waals surface area contributed by atoms with Crippen molar-refractivity contribution in [1.82, 2.24) is 9.97 Å². The van der Waals surface area contributed by atoms with Crippen LogP contribution in [0.25, 0.3) is 44.4 Å². The van der Waals surface area contributed by atoms with Gasteiger partial charge in [0.15, 0.2) is 17.3 Å². The number of carbonyl (C=O) groups excluding carboxylic acids is 1. The molecule has 7 heteroatoms. The van der Waals surface area contributed by atoms with E-state index in [-0.39, 0.29) is 37.7 Å². The molecule has 2 aliphatic carbocycles. The number of carbonyl (C=O) groups is 1. The Labute approximate surface area is 318 Å². The third-order valence-electron chi connectivity index (χ3n) is 10.6. The molecule has 0 bridgehead atoms. The largest absolute Gasteiger partial charge is 0.512 e. The summed E-state index contributed by atoms with van der Waals surface area (Å²) in [7, 11) is -1.47. The number of allylic oxidation sites excluding steroid dienone is 2. The average molecular weight is 878 g/mol. The van der Waals surface area contributed by atoms with E-state index in [1.165, 1.54) is 60.2 Å². The van der Waals surface area contributed by atoms with Crippen molar-refractivity contribution < 1.29 is 34.4 Å². The van der Waals surface area contributed by atoms with Crippen molar-refractivity contribution in [2.75, 3.05) is 0 Å². The minimum absolute atomic E-state index is 0. The number of aliphatic hydroxyl groups is 1. The molecule has 2 aromatic heterocycles. The Balaban J connectivity index is 0.000000226. The fraction of sp³-hybridized carbons (Fsp3) is 0.432. The van der Waals surface area contributed by atoms with Gasteiger partial charge < -0.3 is 9.52 Å². The molecular weight excluding hydrogens is 825 g/mol. The third kappa shape index (κ3) is 9.17. The molecule has 0 unspecified atom stereocenters. The summed E-state index contributed by atoms with van der Waals surface area (Å²) >= 11 is 0. The summed E-state index contributed by atoms with van der Waals surface area (Å²) in [5.74, 6) is 1.75. The van der Waals surface area contributed by atoms with Gasteiger partial charge in [0.1, 0.15) is 11.3 Å². The smallest absolute Gasteiger partial charge is 0.192 e. The van der Waals surface area contributed by atoms with E-state index in [0.717, 1.165) is 64.7 Å². The van der Waals surface area contributed by atoms with Crippen LogP contribution in [0.2, 0.25) is 19.6 Å². The van der Waals surface area contributed by atoms with Crippen LogP contribution in [0.4, 0.5) is 0 Å². The number of aryl methyl sites for hydroxylation is 3. The van der Waals surface area contributed by atoms with Crippen LogP contribution < -0.4 is 5.19 Å². The van der Waals surface area contributed by atoms with Gasteiger partial charge in [-0.2, -0.15) is 0 Å². The van der Waals surface area contributed by atoms with Crippen LogP contribution in [-0.4, -0.2) is 28.9 Å². The molecule has 2 heterocycles. The van der Waals surface area contributed by atoms with E-state index >= 15 is 0 Å². The monoisotopic (exact) mass is 878 g/mol. The van der Waals surface area contributed by atoms with Crippen LogP contribution in [0.3, 0.4) is 0 Å². The van der Waals surface area contributed by atoms with E-state index in [4.69, 9.17) is 9.40 Å². The van der Waals surface area contributed by atoms with Crippen molar-refractivity contribution in [3.05, 3.63) is 89.0 Å². The van der Waals surface area contributed by atoms with Crippen molar-refractivity contribution in [3.8, 4) is 22.4 Å². The Bertz CT molecular complexity index is 2030. The molecule has 1 radical (unpaired) electrons. The molecule has 3 aromatic carbocycles. The normalized spacial score (nSPS) is 16.3. The van der Waals surface area contributed by atoms with Crippen LogP contribution in [0.5, 0.6) is 0 Å². The Morgan fingerprint density at radius 3 is 2.12 bits per heavy atom. The number of benzene rings is 3. The first-order valence-corrected chi connectivity index (χ1v) is 22.1. The first kappa shape index (κ1) is 38.8. The summed E-state index contributed by atoms with van der Waals surface area (Å²) < 4.78 is 5.71. The Morgan fingerprint density at radius 1 is 0.804 bits per heavy atom. The number of oxazole rings is 1. The second kappa shape index (κ2) is 16.5. The van der Waals surface area contributed by atoms with Gasteiger partial charge in [-0.1, -0.05) is 101 Å². The molecule has 0 aliphatic heterocycles. The van der Waals surface area contributed by atoms with E-state index < -0.39 is 8.07 Å². The number of Topliss-reactive ketones (excluding diaryl/α,β-unsaturated/α-hetero) is 1. The van der Waals surface area contributed by atoms with Gasteiger partial charge >= 0.3 is 0 Å². The molecule has 1 N–H and O–H groups in total. The zero-order valence-electron chi connectivity index (χ0n) is 31.4. The van der Waals surface area contributed by atoms with Gasteiger partial charge in [-0.3, -0.25) is 9.78 Å².